The smallest absolute Gasteiger partial charge is 0.335 e. The van der Waals surface area contributed by atoms with Gasteiger partial charge in [-0.25, -0.2) is 4.79 Å². The zero-order valence-corrected chi connectivity index (χ0v) is 14.5. The molecule has 7 heteroatoms. The van der Waals surface area contributed by atoms with Crippen LogP contribution in [0, 0.1) is 0 Å². The molecule has 0 bridgehead atoms. The van der Waals surface area contributed by atoms with Crippen LogP contribution in [-0.4, -0.2) is 22.0 Å². The quantitative estimate of drug-likeness (QED) is 0.582. The molecule has 0 radical (unpaired) electrons. The van der Waals surface area contributed by atoms with Crippen molar-refractivity contribution in [2.24, 2.45) is 0 Å². The van der Waals surface area contributed by atoms with Crippen LogP contribution < -0.4 is 0 Å². The Bertz CT molecular complexity index is 941. The lowest BCUT2D eigenvalue weighted by molar-refractivity contribution is 0.0696. The summed E-state index contributed by atoms with van der Waals surface area (Å²) in [6.45, 7) is 0. The average Bonchev–Trinajstić information content (AvgIpc) is 2.95. The number of aromatic carboxylic acids is 1. The highest BCUT2D eigenvalue weighted by molar-refractivity contribution is 9.13. The van der Waals surface area contributed by atoms with Crippen molar-refractivity contribution >= 4 is 54.6 Å². The molecule has 0 aliphatic carbocycles. The number of benzene rings is 2. The number of carbonyl (C=O) groups excluding carboxylic acids is 1. The van der Waals surface area contributed by atoms with Crippen LogP contribution in [0.4, 0.5) is 0 Å². The van der Waals surface area contributed by atoms with E-state index >= 15 is 0 Å². The van der Waals surface area contributed by atoms with Crippen LogP contribution in [0.15, 0.2) is 50.0 Å². The van der Waals surface area contributed by atoms with Gasteiger partial charge in [0.15, 0.2) is 5.78 Å². The minimum absolute atomic E-state index is 0.0268. The van der Waals surface area contributed by atoms with Crippen molar-refractivity contribution in [3.05, 3.63) is 62.2 Å². The van der Waals surface area contributed by atoms with Gasteiger partial charge in [0, 0.05) is 10.9 Å². The summed E-state index contributed by atoms with van der Waals surface area (Å²) in [5.74, 6) is -1.41. The number of carboxylic acids is 1. The number of hydrogen-bond donors (Lipinski definition) is 2. The topological polar surface area (TPSA) is 87.7 Å². The van der Waals surface area contributed by atoms with Gasteiger partial charge >= 0.3 is 5.97 Å². The van der Waals surface area contributed by atoms with Crippen molar-refractivity contribution in [3.63, 3.8) is 0 Å². The molecule has 2 aromatic carbocycles. The Labute approximate surface area is 146 Å². The molecule has 0 spiro atoms. The second-order valence-corrected chi connectivity index (χ2v) is 6.35. The highest BCUT2D eigenvalue weighted by Crippen LogP contribution is 2.40. The largest absolute Gasteiger partial charge is 0.507 e. The van der Waals surface area contributed by atoms with Crippen LogP contribution in [0.3, 0.4) is 0 Å². The first kappa shape index (κ1) is 15.8. The summed E-state index contributed by atoms with van der Waals surface area (Å²) in [5, 5.41) is 19.2. The summed E-state index contributed by atoms with van der Waals surface area (Å²) in [4.78, 5) is 23.4. The number of carbonyl (C=O) groups is 2. The van der Waals surface area contributed by atoms with Crippen LogP contribution in [0.25, 0.3) is 11.0 Å². The number of carboxylic acid groups (broad SMARTS) is 1. The molecule has 1 heterocycles. The van der Waals surface area contributed by atoms with E-state index in [9.17, 15) is 14.7 Å². The third-order valence-corrected chi connectivity index (χ3v) is 5.46. The van der Waals surface area contributed by atoms with Crippen LogP contribution >= 0.6 is 31.9 Å². The summed E-state index contributed by atoms with van der Waals surface area (Å²) < 4.78 is 6.36. The SMILES string of the molecule is O=C(O)c1ccc(C(=O)c2coc3c(Br)c(Br)c(O)cc23)cc1. The molecule has 5 nitrogen and oxygen atoms in total. The minimum Gasteiger partial charge on any atom is -0.507 e. The van der Waals surface area contributed by atoms with Crippen LogP contribution in [-0.2, 0) is 0 Å². The van der Waals surface area contributed by atoms with E-state index < -0.39 is 5.97 Å². The maximum Gasteiger partial charge on any atom is 0.335 e. The summed E-state index contributed by atoms with van der Waals surface area (Å²) in [5.41, 5.74) is 1.14. The van der Waals surface area contributed by atoms with Gasteiger partial charge in [-0.2, -0.15) is 0 Å². The predicted molar refractivity (Wildman–Crippen MR) is 90.1 cm³/mol. The maximum atomic E-state index is 12.6. The molecule has 0 atom stereocenters. The van der Waals surface area contributed by atoms with Gasteiger partial charge in [-0.1, -0.05) is 12.1 Å². The normalized spacial score (nSPS) is 10.9. The Kier molecular flexibility index (Phi) is 3.99. The second kappa shape index (κ2) is 5.82. The highest BCUT2D eigenvalue weighted by atomic mass is 79.9. The lowest BCUT2D eigenvalue weighted by atomic mass is 10.0. The lowest BCUT2D eigenvalue weighted by Crippen LogP contribution is -2.02. The van der Waals surface area contributed by atoms with E-state index in [1.807, 2.05) is 0 Å². The number of phenolic OH excluding ortho intramolecular Hbond substituents is 1. The van der Waals surface area contributed by atoms with Crippen molar-refractivity contribution in [2.45, 2.75) is 0 Å². The van der Waals surface area contributed by atoms with E-state index in [1.165, 1.54) is 36.6 Å². The molecule has 3 aromatic rings. The molecular formula is C16H8Br2O5. The Morgan fingerprint density at radius 2 is 1.61 bits per heavy atom. The molecule has 0 aliphatic rings. The van der Waals surface area contributed by atoms with Crippen LogP contribution in [0.5, 0.6) is 5.75 Å². The number of ketones is 1. The Balaban J connectivity index is 2.09. The fourth-order valence-electron chi connectivity index (χ4n) is 2.19. The van der Waals surface area contributed by atoms with Crippen molar-refractivity contribution in [3.8, 4) is 5.75 Å². The maximum absolute atomic E-state index is 12.6. The second-order valence-electron chi connectivity index (χ2n) is 4.76. The molecule has 1 aromatic heterocycles. The molecule has 0 saturated carbocycles. The number of halogens is 2. The zero-order valence-electron chi connectivity index (χ0n) is 11.3. The number of hydrogen-bond acceptors (Lipinski definition) is 4. The minimum atomic E-state index is -1.06. The molecular weight excluding hydrogens is 432 g/mol. The number of aromatic hydroxyl groups is 1. The van der Waals surface area contributed by atoms with Crippen molar-refractivity contribution < 1.29 is 24.2 Å². The van der Waals surface area contributed by atoms with Gasteiger partial charge in [-0.15, -0.1) is 0 Å². The van der Waals surface area contributed by atoms with Gasteiger partial charge in [0.2, 0.25) is 0 Å². The fraction of sp³-hybridized carbons (Fsp3) is 0. The molecule has 0 saturated heterocycles. The van der Waals surface area contributed by atoms with Gasteiger partial charge in [-0.05, 0) is 50.1 Å². The highest BCUT2D eigenvalue weighted by Gasteiger charge is 2.20. The van der Waals surface area contributed by atoms with Crippen molar-refractivity contribution in [1.29, 1.82) is 0 Å². The predicted octanol–water partition coefficient (Wildman–Crippen LogP) is 4.59. The summed E-state index contributed by atoms with van der Waals surface area (Å²) in [7, 11) is 0. The van der Waals surface area contributed by atoms with Gasteiger partial charge in [0.05, 0.1) is 20.1 Å². The number of rotatable bonds is 3. The third kappa shape index (κ3) is 2.66. The fourth-order valence-corrected chi connectivity index (χ4v) is 2.99. The first-order chi connectivity index (χ1) is 10.9. The molecule has 116 valence electrons. The molecule has 0 amide bonds. The van der Waals surface area contributed by atoms with Gasteiger partial charge < -0.3 is 14.6 Å². The van der Waals surface area contributed by atoms with Gasteiger partial charge in [-0.3, -0.25) is 4.79 Å². The average molecular weight is 440 g/mol. The lowest BCUT2D eigenvalue weighted by Gasteiger charge is -2.03. The molecule has 0 fully saturated rings. The van der Waals surface area contributed by atoms with E-state index in [0.29, 0.717) is 25.5 Å². The zero-order chi connectivity index (χ0) is 16.7. The summed E-state index contributed by atoms with van der Waals surface area (Å²) in [6.07, 6.45) is 1.31. The van der Waals surface area contributed by atoms with E-state index in [4.69, 9.17) is 9.52 Å². The van der Waals surface area contributed by atoms with Crippen LogP contribution in [0.2, 0.25) is 0 Å². The molecule has 3 rings (SSSR count). The number of furan rings is 1. The number of phenols is 1. The van der Waals surface area contributed by atoms with Crippen LogP contribution in [0.1, 0.15) is 26.3 Å². The third-order valence-electron chi connectivity index (χ3n) is 3.37. The molecule has 2 N–H and O–H groups in total. The van der Waals surface area contributed by atoms with Crippen molar-refractivity contribution in [1.82, 2.24) is 0 Å². The number of fused-ring (bicyclic) bond motifs is 1. The summed E-state index contributed by atoms with van der Waals surface area (Å²) in [6, 6.07) is 7.05. The molecule has 0 unspecified atom stereocenters. The first-order valence-electron chi connectivity index (χ1n) is 6.36. The van der Waals surface area contributed by atoms with E-state index in [1.54, 1.807) is 0 Å². The monoisotopic (exact) mass is 438 g/mol. The Morgan fingerprint density at radius 1 is 1.00 bits per heavy atom. The Hall–Kier alpha value is -2.12. The van der Waals surface area contributed by atoms with E-state index in [2.05, 4.69) is 31.9 Å². The summed E-state index contributed by atoms with van der Waals surface area (Å²) >= 11 is 6.51. The van der Waals surface area contributed by atoms with E-state index in [0.717, 1.165) is 0 Å². The Morgan fingerprint density at radius 3 is 2.22 bits per heavy atom. The first-order valence-corrected chi connectivity index (χ1v) is 7.95. The standard InChI is InChI=1S/C16H8Br2O5/c17-12-11(19)5-9-10(6-23-15(9)13(12)18)14(20)7-1-3-8(4-2-7)16(21)22/h1-6,19H,(H,21,22). The van der Waals surface area contributed by atoms with E-state index in [-0.39, 0.29) is 22.7 Å². The van der Waals surface area contributed by atoms with Gasteiger partial charge in [0.1, 0.15) is 17.6 Å². The van der Waals surface area contributed by atoms with Crippen molar-refractivity contribution in [2.75, 3.05) is 0 Å². The molecule has 23 heavy (non-hydrogen) atoms. The van der Waals surface area contributed by atoms with Gasteiger partial charge in [0.25, 0.3) is 0 Å². The molecule has 0 aliphatic heterocycles.